The number of ketones is 1. The molecule has 1 atom stereocenters. The average Bonchev–Trinajstić information content (AvgIpc) is 3.32. The zero-order valence-electron chi connectivity index (χ0n) is 22.5. The Kier molecular flexibility index (Phi) is 6.41. The van der Waals surface area contributed by atoms with Gasteiger partial charge in [-0.25, -0.2) is 4.90 Å². The molecular formula is C32H33N3O3. The average molecular weight is 508 g/mol. The minimum absolute atomic E-state index is 0.113. The van der Waals surface area contributed by atoms with Crippen molar-refractivity contribution in [3.63, 3.8) is 0 Å². The van der Waals surface area contributed by atoms with E-state index < -0.39 is 16.6 Å². The molecule has 2 aromatic carbocycles. The van der Waals surface area contributed by atoms with Gasteiger partial charge in [-0.3, -0.25) is 4.79 Å². The van der Waals surface area contributed by atoms with E-state index >= 15 is 0 Å². The normalized spacial score (nSPS) is 23.7. The second kappa shape index (κ2) is 9.46. The number of nitrogens with zero attached hydrogens (tertiary/aromatic N) is 3. The molecule has 0 amide bonds. The largest absolute Gasteiger partial charge is 0.497 e. The first-order chi connectivity index (χ1) is 18.3. The van der Waals surface area contributed by atoms with Crippen LogP contribution >= 0.6 is 0 Å². The number of carbonyl (C=O) groups is 1. The van der Waals surface area contributed by atoms with Crippen LogP contribution in [0.1, 0.15) is 68.3 Å². The molecule has 2 heterocycles. The number of hydrogen-bond donors (Lipinski definition) is 0. The van der Waals surface area contributed by atoms with Crippen LogP contribution < -0.4 is 9.47 Å². The minimum atomic E-state index is -1.48. The predicted molar refractivity (Wildman–Crippen MR) is 145 cm³/mol. The highest BCUT2D eigenvalue weighted by molar-refractivity contribution is 6.11. The number of hydrogen-bond acceptors (Lipinski definition) is 6. The molecule has 3 aliphatic rings. The Morgan fingerprint density at radius 2 is 1.34 bits per heavy atom. The fourth-order valence-electron chi connectivity index (χ4n) is 6.86. The van der Waals surface area contributed by atoms with Crippen LogP contribution in [0.15, 0.2) is 71.3 Å². The maximum Gasteiger partial charge on any atom is 0.220 e. The Balaban J connectivity index is 1.80. The molecule has 0 fully saturated rings. The maximum atomic E-state index is 14.1. The summed E-state index contributed by atoms with van der Waals surface area (Å²) in [5, 5.41) is 21.5. The molecule has 0 saturated carbocycles. The molecule has 1 unspecified atom stereocenters. The molecule has 38 heavy (non-hydrogen) atoms. The van der Waals surface area contributed by atoms with Gasteiger partial charge in [0.25, 0.3) is 0 Å². The highest BCUT2D eigenvalue weighted by Gasteiger charge is 2.68. The first-order valence-corrected chi connectivity index (χ1v) is 13.2. The smallest absolute Gasteiger partial charge is 0.220 e. The van der Waals surface area contributed by atoms with E-state index in [4.69, 9.17) is 9.47 Å². The number of methoxy groups -OCH3 is 2. The number of nitriles is 2. The van der Waals surface area contributed by atoms with Crippen LogP contribution in [0.25, 0.3) is 0 Å². The van der Waals surface area contributed by atoms with Crippen molar-refractivity contribution < 1.29 is 14.3 Å². The molecule has 2 aliphatic heterocycles. The second-order valence-electron chi connectivity index (χ2n) is 10.8. The maximum absolute atomic E-state index is 14.1. The fraction of sp³-hybridized carbons (Fsp3) is 0.406. The molecule has 0 bridgehead atoms. The third-order valence-corrected chi connectivity index (χ3v) is 8.57. The topological polar surface area (TPSA) is 86.3 Å². The number of Topliss-reactive ketones (excluding diaryl/α,β-unsaturated/α-hetero) is 1. The summed E-state index contributed by atoms with van der Waals surface area (Å²) in [5.41, 5.74) is 0.812. The standard InChI is InChI=1S/C32H33N3O3/c1-30(2)28(29(36)22-11-15-24(37-3)16-12-22)19-32(23-13-17-25(38-4)18-14-23)27-10-8-6-5-7-9-26(27)31(20-33,21-34)35(30)32/h11-19H,5-10H2,1-4H3. The summed E-state index contributed by atoms with van der Waals surface area (Å²) in [5.74, 6) is 1.29. The van der Waals surface area contributed by atoms with E-state index in [0.717, 1.165) is 54.6 Å². The molecule has 6 nitrogen and oxygen atoms in total. The van der Waals surface area contributed by atoms with Gasteiger partial charge in [0.05, 0.1) is 19.8 Å². The van der Waals surface area contributed by atoms with E-state index in [2.05, 4.69) is 18.2 Å². The third-order valence-electron chi connectivity index (χ3n) is 8.57. The quantitative estimate of drug-likeness (QED) is 0.351. The first-order valence-electron chi connectivity index (χ1n) is 13.2. The Morgan fingerprint density at radius 3 is 1.87 bits per heavy atom. The summed E-state index contributed by atoms with van der Waals surface area (Å²) in [4.78, 5) is 16.1. The zero-order valence-corrected chi connectivity index (χ0v) is 22.5. The van der Waals surface area contributed by atoms with Gasteiger partial charge in [-0.1, -0.05) is 25.0 Å². The molecular weight excluding hydrogens is 474 g/mol. The number of benzene rings is 2. The Labute approximate surface area is 224 Å². The van der Waals surface area contributed by atoms with Crippen LogP contribution in [0.5, 0.6) is 11.5 Å². The van der Waals surface area contributed by atoms with Gasteiger partial charge in [-0.2, -0.15) is 10.5 Å². The summed E-state index contributed by atoms with van der Waals surface area (Å²) in [6.45, 7) is 3.93. The first kappa shape index (κ1) is 25.8. The lowest BCUT2D eigenvalue weighted by molar-refractivity contribution is 0.0608. The van der Waals surface area contributed by atoms with E-state index in [9.17, 15) is 15.3 Å². The van der Waals surface area contributed by atoms with Crippen LogP contribution in [0.3, 0.4) is 0 Å². The lowest BCUT2D eigenvalue weighted by atomic mass is 9.77. The van der Waals surface area contributed by atoms with Crippen molar-refractivity contribution in [3.05, 3.63) is 82.5 Å². The van der Waals surface area contributed by atoms with Crippen molar-refractivity contribution in [2.24, 2.45) is 0 Å². The van der Waals surface area contributed by atoms with Crippen molar-refractivity contribution >= 4 is 5.78 Å². The second-order valence-corrected chi connectivity index (χ2v) is 10.8. The Bertz CT molecular complexity index is 1390. The number of rotatable bonds is 5. The molecule has 0 N–H and O–H groups in total. The monoisotopic (exact) mass is 507 g/mol. The van der Waals surface area contributed by atoms with Gasteiger partial charge in [-0.05, 0) is 98.7 Å². The molecule has 0 saturated heterocycles. The van der Waals surface area contributed by atoms with E-state index in [-0.39, 0.29) is 5.78 Å². The predicted octanol–water partition coefficient (Wildman–Crippen LogP) is 6.25. The summed E-state index contributed by atoms with van der Waals surface area (Å²) in [6.07, 6.45) is 7.64. The van der Waals surface area contributed by atoms with Gasteiger partial charge < -0.3 is 9.47 Å². The highest BCUT2D eigenvalue weighted by atomic mass is 16.5. The molecule has 0 radical (unpaired) electrons. The lowest BCUT2D eigenvalue weighted by Gasteiger charge is -2.46. The van der Waals surface area contributed by atoms with Crippen LogP contribution in [-0.2, 0) is 5.54 Å². The van der Waals surface area contributed by atoms with Gasteiger partial charge in [0.2, 0.25) is 5.54 Å². The van der Waals surface area contributed by atoms with Crippen molar-refractivity contribution in [2.75, 3.05) is 14.2 Å². The van der Waals surface area contributed by atoms with Crippen molar-refractivity contribution in [3.8, 4) is 23.6 Å². The summed E-state index contributed by atoms with van der Waals surface area (Å²) >= 11 is 0. The fourth-order valence-corrected chi connectivity index (χ4v) is 6.86. The van der Waals surface area contributed by atoms with Gasteiger partial charge >= 0.3 is 0 Å². The molecule has 6 heteroatoms. The summed E-state index contributed by atoms with van der Waals surface area (Å²) in [6, 6.07) is 19.8. The Morgan fingerprint density at radius 1 is 0.816 bits per heavy atom. The van der Waals surface area contributed by atoms with Crippen LogP contribution in [-0.4, -0.2) is 36.0 Å². The van der Waals surface area contributed by atoms with E-state index in [0.29, 0.717) is 23.3 Å². The lowest BCUT2D eigenvalue weighted by Crippen LogP contribution is -2.59. The minimum Gasteiger partial charge on any atom is -0.497 e. The van der Waals surface area contributed by atoms with E-state index in [1.54, 1.807) is 38.5 Å². The van der Waals surface area contributed by atoms with Crippen molar-refractivity contribution in [1.29, 1.82) is 10.5 Å². The number of ether oxygens (including phenoxy) is 2. The van der Waals surface area contributed by atoms with Crippen molar-refractivity contribution in [1.82, 2.24) is 4.90 Å². The van der Waals surface area contributed by atoms with Crippen LogP contribution in [0.4, 0.5) is 0 Å². The molecule has 1 aliphatic carbocycles. The van der Waals surface area contributed by atoms with Gasteiger partial charge in [0, 0.05) is 16.7 Å². The van der Waals surface area contributed by atoms with E-state index in [1.165, 1.54) is 0 Å². The van der Waals surface area contributed by atoms with Crippen LogP contribution in [0, 0.1) is 22.7 Å². The van der Waals surface area contributed by atoms with Gasteiger partial charge in [-0.15, -0.1) is 0 Å². The molecule has 5 rings (SSSR count). The molecule has 0 spiro atoms. The summed E-state index contributed by atoms with van der Waals surface area (Å²) in [7, 11) is 3.22. The number of carbonyl (C=O) groups excluding carboxylic acids is 1. The van der Waals surface area contributed by atoms with Crippen molar-refractivity contribution in [2.45, 2.75) is 69.0 Å². The number of fused-ring (bicyclic) bond motifs is 2. The van der Waals surface area contributed by atoms with Gasteiger partial charge in [0.1, 0.15) is 23.6 Å². The Hall–Kier alpha value is -3.87. The molecule has 194 valence electrons. The molecule has 0 aromatic heterocycles. The van der Waals surface area contributed by atoms with E-state index in [1.807, 2.05) is 43.0 Å². The SMILES string of the molecule is COc1ccc(C(=O)C2=CC3(c4ccc(OC)cc4)C4=C(CCCCCC4)C(C#N)(C#N)N3C2(C)C)cc1. The molecule has 2 aromatic rings. The zero-order chi connectivity index (χ0) is 27.1. The highest BCUT2D eigenvalue weighted by Crippen LogP contribution is 2.63. The third kappa shape index (κ3) is 3.51. The van der Waals surface area contributed by atoms with Gasteiger partial charge in [0.15, 0.2) is 5.78 Å². The van der Waals surface area contributed by atoms with Crippen LogP contribution in [0.2, 0.25) is 0 Å². The summed E-state index contributed by atoms with van der Waals surface area (Å²) < 4.78 is 10.7.